The lowest BCUT2D eigenvalue weighted by atomic mass is 10.1. The minimum absolute atomic E-state index is 0.202. The highest BCUT2D eigenvalue weighted by atomic mass is 32.2. The zero-order chi connectivity index (χ0) is 19.9. The molecule has 1 fully saturated rings. The van der Waals surface area contributed by atoms with Gasteiger partial charge in [0.25, 0.3) is 16.1 Å². The van der Waals surface area contributed by atoms with Crippen LogP contribution in [-0.2, 0) is 23.8 Å². The van der Waals surface area contributed by atoms with Gasteiger partial charge in [0.05, 0.1) is 11.8 Å². The molecular formula is C17H16N2O7S2. The SMILES string of the molecule is CS(=O)(=O)O[C@H]1[C@@H]2Oc3nc(=S)ccn3[C@H]2O[C@H]1COC(=O)c1ccccc1. The van der Waals surface area contributed by atoms with Crippen LogP contribution in [0.3, 0.4) is 0 Å². The molecule has 0 aliphatic carbocycles. The monoisotopic (exact) mass is 424 g/mol. The largest absolute Gasteiger partial charge is 0.459 e. The van der Waals surface area contributed by atoms with Crippen LogP contribution in [0.2, 0.25) is 0 Å². The summed E-state index contributed by atoms with van der Waals surface area (Å²) >= 11 is 5.01. The average Bonchev–Trinajstić information content (AvgIpc) is 3.15. The van der Waals surface area contributed by atoms with E-state index in [-0.39, 0.29) is 12.6 Å². The van der Waals surface area contributed by atoms with Crippen LogP contribution >= 0.6 is 12.2 Å². The highest BCUT2D eigenvalue weighted by molar-refractivity contribution is 7.86. The minimum atomic E-state index is -3.82. The molecule has 3 heterocycles. The molecule has 0 bridgehead atoms. The van der Waals surface area contributed by atoms with Crippen molar-refractivity contribution in [3.8, 4) is 6.01 Å². The molecule has 0 unspecified atom stereocenters. The number of carbonyl (C=O) groups excluding carboxylic acids is 1. The van der Waals surface area contributed by atoms with E-state index in [1.807, 2.05) is 0 Å². The molecule has 2 aliphatic rings. The van der Waals surface area contributed by atoms with Gasteiger partial charge in [-0.2, -0.15) is 13.4 Å². The maximum absolute atomic E-state index is 12.2. The molecular weight excluding hydrogens is 408 g/mol. The fourth-order valence-electron chi connectivity index (χ4n) is 3.12. The second-order valence-electron chi connectivity index (χ2n) is 6.33. The Morgan fingerprint density at radius 3 is 2.75 bits per heavy atom. The van der Waals surface area contributed by atoms with Crippen molar-refractivity contribution >= 4 is 28.3 Å². The van der Waals surface area contributed by atoms with Crippen LogP contribution in [0.5, 0.6) is 6.01 Å². The maximum atomic E-state index is 12.2. The van der Waals surface area contributed by atoms with Crippen molar-refractivity contribution in [3.63, 3.8) is 0 Å². The number of hydrogen-bond donors (Lipinski definition) is 0. The summed E-state index contributed by atoms with van der Waals surface area (Å²) in [6, 6.07) is 10.2. The molecule has 2 aliphatic heterocycles. The number of fused-ring (bicyclic) bond motifs is 3. The third kappa shape index (κ3) is 3.78. The number of rotatable bonds is 5. The third-order valence-electron chi connectivity index (χ3n) is 4.28. The molecule has 4 atom stereocenters. The standard InChI is InChI=1S/C17H16N2O7S2/c1-28(21,22)26-13-11(9-23-16(20)10-5-3-2-4-6-10)24-15-14(13)25-17-18-12(27)7-8-19(15)17/h2-8,11,13-15H,9H2,1H3/t11-,13+,14-,15-/m0/s1. The van der Waals surface area contributed by atoms with E-state index in [0.29, 0.717) is 10.2 Å². The Balaban J connectivity index is 1.54. The molecule has 0 spiro atoms. The molecule has 148 valence electrons. The van der Waals surface area contributed by atoms with Crippen LogP contribution in [0.15, 0.2) is 42.6 Å². The second-order valence-corrected chi connectivity index (χ2v) is 8.35. The molecule has 9 nitrogen and oxygen atoms in total. The lowest BCUT2D eigenvalue weighted by Gasteiger charge is -2.20. The number of aromatic nitrogens is 2. The Bertz CT molecular complexity index is 1050. The van der Waals surface area contributed by atoms with Crippen molar-refractivity contribution in [1.82, 2.24) is 9.55 Å². The molecule has 0 amide bonds. The number of benzene rings is 1. The fourth-order valence-corrected chi connectivity index (χ4v) is 3.90. The Morgan fingerprint density at radius 1 is 1.29 bits per heavy atom. The summed E-state index contributed by atoms with van der Waals surface area (Å²) < 4.78 is 47.5. The zero-order valence-electron chi connectivity index (χ0n) is 14.6. The third-order valence-corrected chi connectivity index (χ3v) is 5.08. The van der Waals surface area contributed by atoms with Gasteiger partial charge in [-0.05, 0) is 18.2 Å². The van der Waals surface area contributed by atoms with E-state index in [2.05, 4.69) is 4.98 Å². The van der Waals surface area contributed by atoms with Crippen LogP contribution in [-0.4, -0.2) is 55.1 Å². The van der Waals surface area contributed by atoms with E-state index < -0.39 is 40.6 Å². The lowest BCUT2D eigenvalue weighted by molar-refractivity contribution is -0.0466. The fraction of sp³-hybridized carbons (Fsp3) is 0.353. The minimum Gasteiger partial charge on any atom is -0.459 e. The first kappa shape index (κ1) is 19.0. The summed E-state index contributed by atoms with van der Waals surface area (Å²) in [7, 11) is -3.82. The van der Waals surface area contributed by atoms with Crippen molar-refractivity contribution in [2.75, 3.05) is 12.9 Å². The van der Waals surface area contributed by atoms with Gasteiger partial charge in [-0.3, -0.25) is 8.75 Å². The van der Waals surface area contributed by atoms with Gasteiger partial charge < -0.3 is 14.2 Å². The summed E-state index contributed by atoms with van der Waals surface area (Å²) in [5, 5.41) is 0. The van der Waals surface area contributed by atoms with Gasteiger partial charge in [0.15, 0.2) is 12.3 Å². The van der Waals surface area contributed by atoms with Gasteiger partial charge >= 0.3 is 5.97 Å². The molecule has 0 saturated carbocycles. The Labute approximate surface area is 165 Å². The van der Waals surface area contributed by atoms with Gasteiger partial charge in [-0.15, -0.1) is 0 Å². The Morgan fingerprint density at radius 2 is 2.04 bits per heavy atom. The predicted octanol–water partition coefficient (Wildman–Crippen LogP) is 1.47. The molecule has 0 N–H and O–H groups in total. The van der Waals surface area contributed by atoms with Crippen LogP contribution in [0.25, 0.3) is 0 Å². The number of hydrogen-bond acceptors (Lipinski definition) is 9. The maximum Gasteiger partial charge on any atom is 0.338 e. The number of nitrogens with zero attached hydrogens (tertiary/aromatic N) is 2. The molecule has 1 saturated heterocycles. The Kier molecular flexibility index (Phi) is 4.91. The van der Waals surface area contributed by atoms with E-state index >= 15 is 0 Å². The summed E-state index contributed by atoms with van der Waals surface area (Å²) in [4.78, 5) is 16.3. The molecule has 28 heavy (non-hydrogen) atoms. The molecule has 4 rings (SSSR count). The van der Waals surface area contributed by atoms with Crippen molar-refractivity contribution in [1.29, 1.82) is 0 Å². The Hall–Kier alpha value is -2.34. The van der Waals surface area contributed by atoms with E-state index in [1.54, 1.807) is 47.2 Å². The second kappa shape index (κ2) is 7.24. The smallest absolute Gasteiger partial charge is 0.338 e. The van der Waals surface area contributed by atoms with Crippen molar-refractivity contribution in [2.45, 2.75) is 24.5 Å². The van der Waals surface area contributed by atoms with Crippen LogP contribution in [0.1, 0.15) is 16.6 Å². The first-order valence-corrected chi connectivity index (χ1v) is 10.6. The van der Waals surface area contributed by atoms with Crippen molar-refractivity contribution < 1.29 is 31.6 Å². The lowest BCUT2D eigenvalue weighted by Crippen LogP contribution is -2.40. The molecule has 1 aromatic carbocycles. The van der Waals surface area contributed by atoms with Gasteiger partial charge in [0.1, 0.15) is 23.5 Å². The van der Waals surface area contributed by atoms with E-state index in [1.165, 1.54) is 0 Å². The predicted molar refractivity (Wildman–Crippen MR) is 97.8 cm³/mol. The summed E-state index contributed by atoms with van der Waals surface area (Å²) in [5.41, 5.74) is 0.374. The topological polar surface area (TPSA) is 106 Å². The molecule has 11 heteroatoms. The first-order chi connectivity index (χ1) is 13.3. The number of ether oxygens (including phenoxy) is 3. The zero-order valence-corrected chi connectivity index (χ0v) is 16.3. The normalized spacial score (nSPS) is 25.6. The van der Waals surface area contributed by atoms with E-state index in [0.717, 1.165) is 6.26 Å². The van der Waals surface area contributed by atoms with Crippen LogP contribution < -0.4 is 4.74 Å². The molecule has 0 radical (unpaired) electrons. The van der Waals surface area contributed by atoms with Gasteiger partial charge in [0, 0.05) is 6.20 Å². The van der Waals surface area contributed by atoms with Gasteiger partial charge in [0.2, 0.25) is 0 Å². The summed E-state index contributed by atoms with van der Waals surface area (Å²) in [6.45, 7) is -0.202. The van der Waals surface area contributed by atoms with Crippen LogP contribution in [0.4, 0.5) is 0 Å². The highest BCUT2D eigenvalue weighted by Gasteiger charge is 2.54. The van der Waals surface area contributed by atoms with Gasteiger partial charge in [-0.25, -0.2) is 4.79 Å². The van der Waals surface area contributed by atoms with Crippen molar-refractivity contribution in [2.24, 2.45) is 0 Å². The first-order valence-electron chi connectivity index (χ1n) is 8.33. The van der Waals surface area contributed by atoms with Crippen LogP contribution in [0, 0.1) is 4.64 Å². The highest BCUT2D eigenvalue weighted by Crippen LogP contribution is 2.41. The molecule has 1 aromatic heterocycles. The van der Waals surface area contributed by atoms with E-state index in [4.69, 9.17) is 30.6 Å². The summed E-state index contributed by atoms with van der Waals surface area (Å²) in [6.07, 6.45) is -0.738. The van der Waals surface area contributed by atoms with Gasteiger partial charge in [-0.1, -0.05) is 30.4 Å². The molecule has 2 aromatic rings. The number of carbonyl (C=O) groups is 1. The number of esters is 1. The quantitative estimate of drug-likeness (QED) is 0.401. The van der Waals surface area contributed by atoms with E-state index in [9.17, 15) is 13.2 Å². The van der Waals surface area contributed by atoms with Crippen molar-refractivity contribution in [3.05, 3.63) is 52.8 Å². The average molecular weight is 424 g/mol. The summed E-state index contributed by atoms with van der Waals surface area (Å²) in [5.74, 6) is -0.550.